The summed E-state index contributed by atoms with van der Waals surface area (Å²) in [7, 11) is 0. The van der Waals surface area contributed by atoms with E-state index in [0.29, 0.717) is 12.5 Å². The SMILES string of the molecule is CC(C)=CC(O)CNCC(C)C. The van der Waals surface area contributed by atoms with Crippen molar-refractivity contribution in [2.75, 3.05) is 13.1 Å². The Kier molecular flexibility index (Phi) is 6.03. The summed E-state index contributed by atoms with van der Waals surface area (Å²) in [4.78, 5) is 0. The van der Waals surface area contributed by atoms with Crippen LogP contribution in [0.2, 0.25) is 0 Å². The van der Waals surface area contributed by atoms with E-state index in [2.05, 4.69) is 19.2 Å². The topological polar surface area (TPSA) is 32.3 Å². The molecule has 2 N–H and O–H groups in total. The van der Waals surface area contributed by atoms with Crippen molar-refractivity contribution in [2.45, 2.75) is 33.8 Å². The molecule has 0 rings (SSSR count). The minimum Gasteiger partial charge on any atom is -0.388 e. The largest absolute Gasteiger partial charge is 0.388 e. The van der Waals surface area contributed by atoms with Gasteiger partial charge in [-0.05, 0) is 26.3 Å². The number of rotatable bonds is 5. The normalized spacial score (nSPS) is 13.2. The van der Waals surface area contributed by atoms with E-state index < -0.39 is 0 Å². The smallest absolute Gasteiger partial charge is 0.0847 e. The first-order valence-corrected chi connectivity index (χ1v) is 4.56. The molecule has 0 amide bonds. The molecule has 0 aliphatic carbocycles. The molecule has 2 heteroatoms. The molecule has 0 aliphatic heterocycles. The fourth-order valence-electron chi connectivity index (χ4n) is 0.964. The van der Waals surface area contributed by atoms with Crippen molar-refractivity contribution in [1.29, 1.82) is 0 Å². The van der Waals surface area contributed by atoms with Crippen molar-refractivity contribution in [3.8, 4) is 0 Å². The molecule has 0 aromatic heterocycles. The van der Waals surface area contributed by atoms with Gasteiger partial charge in [0, 0.05) is 6.54 Å². The molecular weight excluding hydrogens is 150 g/mol. The number of hydrogen-bond acceptors (Lipinski definition) is 2. The summed E-state index contributed by atoms with van der Waals surface area (Å²) >= 11 is 0. The van der Waals surface area contributed by atoms with Crippen LogP contribution in [-0.4, -0.2) is 24.3 Å². The maximum Gasteiger partial charge on any atom is 0.0847 e. The number of nitrogens with one attached hydrogen (secondary N) is 1. The number of hydrogen-bond donors (Lipinski definition) is 2. The Morgan fingerprint density at radius 1 is 1.33 bits per heavy atom. The van der Waals surface area contributed by atoms with Crippen LogP contribution in [0.15, 0.2) is 11.6 Å². The Bertz CT molecular complexity index is 137. The van der Waals surface area contributed by atoms with Crippen LogP contribution < -0.4 is 5.32 Å². The summed E-state index contributed by atoms with van der Waals surface area (Å²) in [5, 5.41) is 12.6. The van der Waals surface area contributed by atoms with Crippen molar-refractivity contribution in [1.82, 2.24) is 5.32 Å². The molecule has 72 valence electrons. The van der Waals surface area contributed by atoms with Gasteiger partial charge in [-0.15, -0.1) is 0 Å². The van der Waals surface area contributed by atoms with Crippen LogP contribution in [0.4, 0.5) is 0 Å². The molecule has 0 fully saturated rings. The van der Waals surface area contributed by atoms with E-state index in [1.807, 2.05) is 19.9 Å². The van der Waals surface area contributed by atoms with Gasteiger partial charge in [-0.3, -0.25) is 0 Å². The molecule has 0 spiro atoms. The minimum atomic E-state index is -0.339. The quantitative estimate of drug-likeness (QED) is 0.615. The van der Waals surface area contributed by atoms with Crippen LogP contribution in [0.3, 0.4) is 0 Å². The lowest BCUT2D eigenvalue weighted by Crippen LogP contribution is -2.28. The van der Waals surface area contributed by atoms with Gasteiger partial charge >= 0.3 is 0 Å². The zero-order valence-electron chi connectivity index (χ0n) is 8.59. The van der Waals surface area contributed by atoms with Gasteiger partial charge < -0.3 is 10.4 Å². The second-order valence-electron chi connectivity index (χ2n) is 3.86. The van der Waals surface area contributed by atoms with Crippen molar-refractivity contribution in [3.05, 3.63) is 11.6 Å². The maximum atomic E-state index is 9.39. The molecule has 0 heterocycles. The predicted molar refractivity (Wildman–Crippen MR) is 53.1 cm³/mol. The van der Waals surface area contributed by atoms with Gasteiger partial charge in [-0.2, -0.15) is 0 Å². The van der Waals surface area contributed by atoms with Gasteiger partial charge in [-0.25, -0.2) is 0 Å². The first kappa shape index (κ1) is 11.7. The Hall–Kier alpha value is -0.340. The highest BCUT2D eigenvalue weighted by Gasteiger charge is 1.99. The molecule has 1 atom stereocenters. The Balaban J connectivity index is 3.44. The minimum absolute atomic E-state index is 0.339. The molecule has 0 aromatic carbocycles. The summed E-state index contributed by atoms with van der Waals surface area (Å²) in [5.74, 6) is 0.643. The van der Waals surface area contributed by atoms with Crippen LogP contribution in [0.1, 0.15) is 27.7 Å². The highest BCUT2D eigenvalue weighted by molar-refractivity contribution is 4.98. The van der Waals surface area contributed by atoms with E-state index in [9.17, 15) is 5.11 Å². The highest BCUT2D eigenvalue weighted by Crippen LogP contribution is 1.93. The molecule has 0 saturated carbocycles. The zero-order chi connectivity index (χ0) is 9.56. The van der Waals surface area contributed by atoms with E-state index in [1.165, 1.54) is 0 Å². The summed E-state index contributed by atoms with van der Waals surface area (Å²) in [6.45, 7) is 9.91. The average Bonchev–Trinajstić information content (AvgIpc) is 1.84. The molecule has 12 heavy (non-hydrogen) atoms. The van der Waals surface area contributed by atoms with Crippen LogP contribution in [0.25, 0.3) is 0 Å². The number of aliphatic hydroxyl groups is 1. The Morgan fingerprint density at radius 2 is 1.92 bits per heavy atom. The van der Waals surface area contributed by atoms with E-state index >= 15 is 0 Å². The van der Waals surface area contributed by atoms with Gasteiger partial charge in [0.25, 0.3) is 0 Å². The van der Waals surface area contributed by atoms with Crippen molar-refractivity contribution >= 4 is 0 Å². The second kappa shape index (κ2) is 6.21. The van der Waals surface area contributed by atoms with Gasteiger partial charge in [0.1, 0.15) is 0 Å². The zero-order valence-corrected chi connectivity index (χ0v) is 8.59. The molecule has 0 radical (unpaired) electrons. The van der Waals surface area contributed by atoms with Gasteiger partial charge in [0.2, 0.25) is 0 Å². The van der Waals surface area contributed by atoms with Gasteiger partial charge in [-0.1, -0.05) is 25.5 Å². The van der Waals surface area contributed by atoms with Crippen LogP contribution in [0, 0.1) is 5.92 Å². The summed E-state index contributed by atoms with van der Waals surface area (Å²) < 4.78 is 0. The lowest BCUT2D eigenvalue weighted by atomic mass is 10.2. The van der Waals surface area contributed by atoms with Crippen LogP contribution in [-0.2, 0) is 0 Å². The lowest BCUT2D eigenvalue weighted by Gasteiger charge is -2.10. The van der Waals surface area contributed by atoms with E-state index in [0.717, 1.165) is 12.1 Å². The van der Waals surface area contributed by atoms with Crippen molar-refractivity contribution in [3.63, 3.8) is 0 Å². The maximum absolute atomic E-state index is 9.39. The molecule has 0 saturated heterocycles. The van der Waals surface area contributed by atoms with E-state index in [-0.39, 0.29) is 6.10 Å². The summed E-state index contributed by atoms with van der Waals surface area (Å²) in [6.07, 6.45) is 1.53. The van der Waals surface area contributed by atoms with E-state index in [4.69, 9.17) is 0 Å². The Labute approximate surface area is 75.7 Å². The first-order chi connectivity index (χ1) is 5.52. The van der Waals surface area contributed by atoms with E-state index in [1.54, 1.807) is 0 Å². The molecule has 0 aliphatic rings. The fraction of sp³-hybridized carbons (Fsp3) is 0.800. The predicted octanol–water partition coefficient (Wildman–Crippen LogP) is 1.56. The molecule has 0 bridgehead atoms. The summed E-state index contributed by atoms with van der Waals surface area (Å²) in [6, 6.07) is 0. The molecule has 1 unspecified atom stereocenters. The van der Waals surface area contributed by atoms with Crippen molar-refractivity contribution in [2.24, 2.45) is 5.92 Å². The molecule has 0 aromatic rings. The van der Waals surface area contributed by atoms with Crippen LogP contribution in [0.5, 0.6) is 0 Å². The molecule has 2 nitrogen and oxygen atoms in total. The van der Waals surface area contributed by atoms with Crippen molar-refractivity contribution < 1.29 is 5.11 Å². The Morgan fingerprint density at radius 3 is 2.33 bits per heavy atom. The second-order valence-corrected chi connectivity index (χ2v) is 3.86. The summed E-state index contributed by atoms with van der Waals surface area (Å²) in [5.41, 5.74) is 1.16. The standard InChI is InChI=1S/C10H21NO/c1-8(2)5-10(12)7-11-6-9(3)4/h5,9-12H,6-7H2,1-4H3. The van der Waals surface area contributed by atoms with Gasteiger partial charge in [0.15, 0.2) is 0 Å². The third kappa shape index (κ3) is 7.76. The lowest BCUT2D eigenvalue weighted by molar-refractivity contribution is 0.216. The number of aliphatic hydroxyl groups excluding tert-OH is 1. The highest BCUT2D eigenvalue weighted by atomic mass is 16.3. The monoisotopic (exact) mass is 171 g/mol. The third-order valence-corrected chi connectivity index (χ3v) is 1.43. The molecular formula is C10H21NO. The average molecular weight is 171 g/mol. The third-order valence-electron chi connectivity index (χ3n) is 1.43. The first-order valence-electron chi connectivity index (χ1n) is 4.56. The van der Waals surface area contributed by atoms with Crippen LogP contribution >= 0.6 is 0 Å². The fourth-order valence-corrected chi connectivity index (χ4v) is 0.964. The van der Waals surface area contributed by atoms with Gasteiger partial charge in [0.05, 0.1) is 6.10 Å². The number of allylic oxidation sites excluding steroid dienone is 1.